The lowest BCUT2D eigenvalue weighted by Crippen LogP contribution is -2.40. The number of nitrogens with one attached hydrogen (secondary N) is 2. The molecule has 0 spiro atoms. The third kappa shape index (κ3) is 9.14. The Morgan fingerprint density at radius 3 is 2.49 bits per heavy atom. The Labute approximate surface area is 297 Å². The van der Waals surface area contributed by atoms with Crippen LogP contribution in [0, 0.1) is 5.92 Å². The van der Waals surface area contributed by atoms with Gasteiger partial charge in [-0.05, 0) is 66.3 Å². The molecule has 2 atom stereocenters. The summed E-state index contributed by atoms with van der Waals surface area (Å²) in [6.07, 6.45) is 4.22. The van der Waals surface area contributed by atoms with E-state index in [1.165, 1.54) is 34.9 Å². The summed E-state index contributed by atoms with van der Waals surface area (Å²) < 4.78 is 43.2. The summed E-state index contributed by atoms with van der Waals surface area (Å²) in [5.41, 5.74) is 3.30. The van der Waals surface area contributed by atoms with Gasteiger partial charge in [0.1, 0.15) is 16.1 Å². The summed E-state index contributed by atoms with van der Waals surface area (Å²) in [6.45, 7) is -1.84. The second-order valence-electron chi connectivity index (χ2n) is 11.7. The first-order valence-electron chi connectivity index (χ1n) is 15.8. The number of aromatic nitrogens is 1. The molecule has 8 nitrogen and oxygen atoms in total. The average molecular weight is 730 g/mol. The molecule has 2 N–H and O–H groups in total. The Hall–Kier alpha value is -4.06. The van der Waals surface area contributed by atoms with Gasteiger partial charge in [-0.25, -0.2) is 9.78 Å². The van der Waals surface area contributed by atoms with E-state index in [2.05, 4.69) is 10.3 Å². The van der Waals surface area contributed by atoms with Crippen molar-refractivity contribution in [3.8, 4) is 11.5 Å². The van der Waals surface area contributed by atoms with Gasteiger partial charge < -0.3 is 24.4 Å². The molecule has 1 saturated heterocycles. The predicted molar refractivity (Wildman–Crippen MR) is 184 cm³/mol. The summed E-state index contributed by atoms with van der Waals surface area (Å²) in [4.78, 5) is 32.1. The van der Waals surface area contributed by atoms with E-state index in [9.17, 15) is 18.4 Å². The van der Waals surface area contributed by atoms with Gasteiger partial charge in [-0.1, -0.05) is 59.6 Å². The first-order chi connectivity index (χ1) is 23.7. The Bertz CT molecular complexity index is 1760. The number of para-hydroxylation sites is 1. The lowest BCUT2D eigenvalue weighted by Gasteiger charge is -2.26. The molecule has 1 saturated carbocycles. The third-order valence-corrected chi connectivity index (χ3v) is 10.0. The smallest absolute Gasteiger partial charge is 0.387 e. The number of hydrogen-bond donors (Lipinski definition) is 1. The van der Waals surface area contributed by atoms with E-state index in [1.54, 1.807) is 18.5 Å². The van der Waals surface area contributed by atoms with Crippen LogP contribution in [0.3, 0.4) is 0 Å². The van der Waals surface area contributed by atoms with Gasteiger partial charge in [-0.3, -0.25) is 4.79 Å². The number of H-pyrrole nitrogens is 1. The minimum Gasteiger partial charge on any atom is -0.489 e. The van der Waals surface area contributed by atoms with Crippen LogP contribution in [-0.2, 0) is 22.5 Å². The maximum absolute atomic E-state index is 13.9. The monoisotopic (exact) mass is 728 g/mol. The summed E-state index contributed by atoms with van der Waals surface area (Å²) in [7, 11) is 0. The number of alkyl halides is 2. The van der Waals surface area contributed by atoms with E-state index in [4.69, 9.17) is 37.4 Å². The summed E-state index contributed by atoms with van der Waals surface area (Å²) in [5, 5.41) is 3.08. The number of hydrogen-bond acceptors (Lipinski definition) is 7. The van der Waals surface area contributed by atoms with Gasteiger partial charge in [0.25, 0.3) is 5.91 Å². The van der Waals surface area contributed by atoms with Gasteiger partial charge in [-0.2, -0.15) is 8.78 Å². The van der Waals surface area contributed by atoms with Gasteiger partial charge in [0.15, 0.2) is 29.3 Å². The minimum absolute atomic E-state index is 0.0665. The van der Waals surface area contributed by atoms with E-state index in [0.717, 1.165) is 24.1 Å². The lowest BCUT2D eigenvalue weighted by atomic mass is 10.0. The number of ether oxygens (including phenoxy) is 3. The largest absolute Gasteiger partial charge is 0.489 e. The molecule has 6 rings (SSSR count). The number of pyridine rings is 1. The number of nitrogens with zero attached hydrogens (tertiary/aromatic N) is 1. The van der Waals surface area contributed by atoms with Crippen molar-refractivity contribution in [1.82, 2.24) is 4.90 Å². The maximum Gasteiger partial charge on any atom is 0.387 e. The van der Waals surface area contributed by atoms with Crippen molar-refractivity contribution in [1.29, 1.82) is 0 Å². The van der Waals surface area contributed by atoms with Crippen LogP contribution in [0.15, 0.2) is 85.2 Å². The van der Waals surface area contributed by atoms with Crippen molar-refractivity contribution < 1.29 is 37.6 Å². The third-order valence-electron chi connectivity index (χ3n) is 8.17. The highest BCUT2D eigenvalue weighted by Gasteiger charge is 2.38. The molecule has 49 heavy (non-hydrogen) atoms. The van der Waals surface area contributed by atoms with E-state index >= 15 is 0 Å². The van der Waals surface area contributed by atoms with Crippen LogP contribution in [0.25, 0.3) is 0 Å². The zero-order valence-corrected chi connectivity index (χ0v) is 28.6. The number of benzene rings is 3. The Morgan fingerprint density at radius 1 is 0.980 bits per heavy atom. The van der Waals surface area contributed by atoms with Gasteiger partial charge in [0.05, 0.1) is 6.61 Å². The Balaban J connectivity index is 1.23. The first-order valence-corrected chi connectivity index (χ1v) is 17.6. The fourth-order valence-corrected chi connectivity index (χ4v) is 7.05. The molecule has 1 aliphatic heterocycles. The zero-order chi connectivity index (χ0) is 34.3. The van der Waals surface area contributed by atoms with Gasteiger partial charge >= 0.3 is 12.6 Å². The van der Waals surface area contributed by atoms with E-state index in [1.807, 2.05) is 48.5 Å². The number of thioether (sulfide) groups is 1. The van der Waals surface area contributed by atoms with Crippen molar-refractivity contribution in [3.63, 3.8) is 0 Å². The molecule has 1 aliphatic carbocycles. The number of carbonyl (C=O) groups is 2. The normalized spacial score (nSPS) is 16.3. The SMILES string of the molecule is O=C(O[C@@H](Cc1c(Cl)c[nH+]cc1Cl)c1ccc(OC(F)F)c(OCC2CC2)c1)[C@@H]1SCCN1C(=O)c1cccc(CNc2ccccc2)c1. The fourth-order valence-electron chi connectivity index (χ4n) is 5.42. The molecular weight excluding hydrogens is 695 g/mol. The molecule has 2 aliphatic rings. The molecule has 0 radical (unpaired) electrons. The molecule has 0 bridgehead atoms. The van der Waals surface area contributed by atoms with Gasteiger partial charge in [0.2, 0.25) is 0 Å². The Morgan fingerprint density at radius 2 is 1.76 bits per heavy atom. The zero-order valence-electron chi connectivity index (χ0n) is 26.3. The van der Waals surface area contributed by atoms with Crippen LogP contribution in [0.4, 0.5) is 14.5 Å². The van der Waals surface area contributed by atoms with Crippen molar-refractivity contribution >= 4 is 52.5 Å². The summed E-state index contributed by atoms with van der Waals surface area (Å²) in [5.74, 6) is -0.0585. The number of anilines is 1. The second-order valence-corrected chi connectivity index (χ2v) is 13.7. The van der Waals surface area contributed by atoms with Crippen molar-refractivity contribution in [2.24, 2.45) is 5.92 Å². The molecule has 1 aromatic heterocycles. The van der Waals surface area contributed by atoms with Crippen LogP contribution < -0.4 is 19.8 Å². The number of amides is 1. The van der Waals surface area contributed by atoms with Crippen molar-refractivity contribution in [2.45, 2.75) is 43.9 Å². The lowest BCUT2D eigenvalue weighted by molar-refractivity contribution is -0.377. The molecular formula is C36H34Cl2F2N3O5S+. The fraction of sp³-hybridized carbons (Fsp3) is 0.306. The van der Waals surface area contributed by atoms with Crippen molar-refractivity contribution in [2.75, 3.05) is 24.2 Å². The number of esters is 1. The van der Waals surface area contributed by atoms with Gasteiger partial charge in [-0.15, -0.1) is 11.8 Å². The quantitative estimate of drug-likeness (QED) is 0.132. The van der Waals surface area contributed by atoms with Crippen LogP contribution in [0.1, 0.15) is 46.0 Å². The van der Waals surface area contributed by atoms with Crippen molar-refractivity contribution in [3.05, 3.63) is 117 Å². The van der Waals surface area contributed by atoms with E-state index < -0.39 is 24.1 Å². The summed E-state index contributed by atoms with van der Waals surface area (Å²) >= 11 is 14.3. The predicted octanol–water partition coefficient (Wildman–Crippen LogP) is 7.85. The topological polar surface area (TPSA) is 91.2 Å². The standard InChI is InChI=1S/C36H33Cl2F2N3O5S/c37-28-19-41-20-29(38)27(28)17-31(24-11-12-30(48-36(39)40)32(16-24)46-21-22-9-10-22)47-35(45)34-43(13-14-49-34)33(44)25-6-4-5-23(15-25)18-42-26-7-2-1-3-8-26/h1-8,11-12,15-16,19-20,22,31,34,36,42H,9-10,13-14,17-18,21H2/p+1/t31-,34-/m0/s1. The molecule has 13 heteroatoms. The molecule has 0 unspecified atom stereocenters. The molecule has 3 aromatic carbocycles. The number of rotatable bonds is 14. The first kappa shape index (κ1) is 34.8. The van der Waals surface area contributed by atoms with Crippen LogP contribution >= 0.6 is 35.0 Å². The number of aromatic amines is 1. The molecule has 2 heterocycles. The van der Waals surface area contributed by atoms with Crippen LogP contribution in [-0.4, -0.2) is 47.7 Å². The molecule has 256 valence electrons. The van der Waals surface area contributed by atoms with E-state index in [-0.39, 0.29) is 23.8 Å². The highest BCUT2D eigenvalue weighted by molar-refractivity contribution is 8.00. The minimum atomic E-state index is -3.05. The van der Waals surface area contributed by atoms with Crippen LogP contribution in [0.2, 0.25) is 10.0 Å². The number of carbonyl (C=O) groups excluding carboxylic acids is 2. The highest BCUT2D eigenvalue weighted by Crippen LogP contribution is 2.38. The molecule has 4 aromatic rings. The average Bonchev–Trinajstić information content (AvgIpc) is 3.80. The Kier molecular flexibility index (Phi) is 11.4. The summed E-state index contributed by atoms with van der Waals surface area (Å²) in [6, 6.07) is 21.5. The van der Waals surface area contributed by atoms with E-state index in [0.29, 0.717) is 58.1 Å². The molecule has 2 fully saturated rings. The number of halogens is 4. The van der Waals surface area contributed by atoms with Crippen LogP contribution in [0.5, 0.6) is 11.5 Å². The van der Waals surface area contributed by atoms with Gasteiger partial charge in [0, 0.05) is 42.1 Å². The second kappa shape index (κ2) is 16.1. The maximum atomic E-state index is 13.9. The highest BCUT2D eigenvalue weighted by atomic mass is 35.5. The molecule has 1 amide bonds.